The van der Waals surface area contributed by atoms with Gasteiger partial charge in [-0.05, 0) is 12.5 Å². The zero-order valence-corrected chi connectivity index (χ0v) is 15.6. The minimum absolute atomic E-state index is 0.651. The Morgan fingerprint density at radius 3 is 2.44 bits per heavy atom. The number of nitrogens with one attached hydrogen (secondary N) is 1. The molecule has 1 aromatic heterocycles. The highest BCUT2D eigenvalue weighted by molar-refractivity contribution is 5.65. The molecule has 0 radical (unpaired) electrons. The summed E-state index contributed by atoms with van der Waals surface area (Å²) in [6.07, 6.45) is 0. The van der Waals surface area contributed by atoms with Crippen LogP contribution in [0.25, 0.3) is 11.3 Å². The molecular weight excluding hydrogens is 336 g/mol. The van der Waals surface area contributed by atoms with Crippen LogP contribution in [0.2, 0.25) is 0 Å². The predicted octanol–water partition coefficient (Wildman–Crippen LogP) is 3.90. The monoisotopic (exact) mass is 360 g/mol. The summed E-state index contributed by atoms with van der Waals surface area (Å²) in [4.78, 5) is 11.8. The van der Waals surface area contributed by atoms with Crippen LogP contribution in [0.4, 0.5) is 11.8 Å². The summed E-state index contributed by atoms with van der Waals surface area (Å²) >= 11 is 0. The number of anilines is 2. The molecule has 0 atom stereocenters. The van der Waals surface area contributed by atoms with Crippen molar-refractivity contribution in [1.29, 1.82) is 0 Å². The van der Waals surface area contributed by atoms with Crippen molar-refractivity contribution in [1.82, 2.24) is 9.97 Å². The van der Waals surface area contributed by atoms with E-state index in [-0.39, 0.29) is 0 Å². The van der Waals surface area contributed by atoms with Crippen LogP contribution >= 0.6 is 0 Å². The largest absolute Gasteiger partial charge is 0.378 e. The minimum Gasteiger partial charge on any atom is -0.378 e. The molecule has 5 nitrogen and oxygen atoms in total. The molecule has 4 rings (SSSR count). The molecule has 2 aromatic carbocycles. The Bertz CT molecular complexity index is 875. The molecule has 1 N–H and O–H groups in total. The molecule has 0 unspecified atom stereocenters. The van der Waals surface area contributed by atoms with E-state index >= 15 is 0 Å². The van der Waals surface area contributed by atoms with Crippen LogP contribution in [0.1, 0.15) is 11.1 Å². The number of rotatable bonds is 5. The molecule has 3 aromatic rings. The van der Waals surface area contributed by atoms with Crippen molar-refractivity contribution >= 4 is 11.8 Å². The molecule has 0 bridgehead atoms. The van der Waals surface area contributed by atoms with Gasteiger partial charge in [-0.1, -0.05) is 60.2 Å². The van der Waals surface area contributed by atoms with Crippen LogP contribution < -0.4 is 10.2 Å². The maximum absolute atomic E-state index is 5.48. The Morgan fingerprint density at radius 2 is 1.70 bits per heavy atom. The van der Waals surface area contributed by atoms with Gasteiger partial charge in [0.15, 0.2) is 0 Å². The number of hydrogen-bond acceptors (Lipinski definition) is 5. The molecule has 0 spiro atoms. The third-order valence-electron chi connectivity index (χ3n) is 4.69. The molecular formula is C22H24N4O. The van der Waals surface area contributed by atoms with Crippen LogP contribution in [-0.4, -0.2) is 36.3 Å². The van der Waals surface area contributed by atoms with Gasteiger partial charge in [-0.3, -0.25) is 0 Å². The van der Waals surface area contributed by atoms with E-state index in [1.54, 1.807) is 0 Å². The summed E-state index contributed by atoms with van der Waals surface area (Å²) in [7, 11) is 0. The zero-order valence-electron chi connectivity index (χ0n) is 15.6. The molecule has 1 aliphatic heterocycles. The lowest BCUT2D eigenvalue weighted by molar-refractivity contribution is 0.122. The lowest BCUT2D eigenvalue weighted by Gasteiger charge is -2.28. The van der Waals surface area contributed by atoms with Gasteiger partial charge in [0.05, 0.1) is 18.9 Å². The fourth-order valence-corrected chi connectivity index (χ4v) is 3.12. The van der Waals surface area contributed by atoms with E-state index in [4.69, 9.17) is 14.7 Å². The van der Waals surface area contributed by atoms with Crippen molar-refractivity contribution in [2.24, 2.45) is 0 Å². The number of aryl methyl sites for hydroxylation is 1. The van der Waals surface area contributed by atoms with Crippen molar-refractivity contribution in [2.45, 2.75) is 13.5 Å². The van der Waals surface area contributed by atoms with Gasteiger partial charge >= 0.3 is 0 Å². The molecule has 2 heterocycles. The van der Waals surface area contributed by atoms with Gasteiger partial charge in [0.2, 0.25) is 5.95 Å². The number of benzene rings is 2. The van der Waals surface area contributed by atoms with E-state index in [1.807, 2.05) is 18.2 Å². The Labute approximate surface area is 160 Å². The first kappa shape index (κ1) is 17.5. The summed E-state index contributed by atoms with van der Waals surface area (Å²) in [6.45, 7) is 5.95. The maximum atomic E-state index is 5.48. The summed E-state index contributed by atoms with van der Waals surface area (Å²) in [5.41, 5.74) is 4.47. The van der Waals surface area contributed by atoms with Gasteiger partial charge in [-0.25, -0.2) is 4.98 Å². The fraction of sp³-hybridized carbons (Fsp3) is 0.273. The Balaban J connectivity index is 1.64. The number of nitrogens with zero attached hydrogens (tertiary/aromatic N) is 3. The Kier molecular flexibility index (Phi) is 5.30. The quantitative estimate of drug-likeness (QED) is 0.748. The Morgan fingerprint density at radius 1 is 0.963 bits per heavy atom. The number of morpholine rings is 1. The topological polar surface area (TPSA) is 50.3 Å². The predicted molar refractivity (Wildman–Crippen MR) is 109 cm³/mol. The van der Waals surface area contributed by atoms with E-state index in [0.717, 1.165) is 43.4 Å². The number of hydrogen-bond donors (Lipinski definition) is 1. The molecule has 5 heteroatoms. The third kappa shape index (κ3) is 4.44. The van der Waals surface area contributed by atoms with Gasteiger partial charge in [0.25, 0.3) is 0 Å². The molecule has 0 aliphatic carbocycles. The lowest BCUT2D eigenvalue weighted by Crippen LogP contribution is -2.36. The fourth-order valence-electron chi connectivity index (χ4n) is 3.12. The highest BCUT2D eigenvalue weighted by atomic mass is 16.5. The SMILES string of the molecule is Cc1ccc(-c2cc(N3CCOCC3)nc(NCc3ccccc3)n2)cc1. The van der Waals surface area contributed by atoms with E-state index in [9.17, 15) is 0 Å². The highest BCUT2D eigenvalue weighted by Crippen LogP contribution is 2.24. The van der Waals surface area contributed by atoms with Crippen molar-refractivity contribution < 1.29 is 4.74 Å². The normalized spacial score (nSPS) is 14.2. The van der Waals surface area contributed by atoms with Gasteiger partial charge < -0.3 is 15.0 Å². The van der Waals surface area contributed by atoms with Crippen molar-refractivity contribution in [3.8, 4) is 11.3 Å². The number of aromatic nitrogens is 2. The van der Waals surface area contributed by atoms with Gasteiger partial charge in [-0.15, -0.1) is 0 Å². The van der Waals surface area contributed by atoms with Crippen molar-refractivity contribution in [3.63, 3.8) is 0 Å². The third-order valence-corrected chi connectivity index (χ3v) is 4.69. The van der Waals surface area contributed by atoms with E-state index in [0.29, 0.717) is 12.5 Å². The van der Waals surface area contributed by atoms with Crippen LogP contribution in [0.5, 0.6) is 0 Å². The maximum Gasteiger partial charge on any atom is 0.225 e. The summed E-state index contributed by atoms with van der Waals surface area (Å²) < 4.78 is 5.48. The molecule has 138 valence electrons. The molecule has 0 amide bonds. The standard InChI is InChI=1S/C22H24N4O/c1-17-7-9-19(10-8-17)20-15-21(26-11-13-27-14-12-26)25-22(24-20)23-16-18-5-3-2-4-6-18/h2-10,15H,11-14,16H2,1H3,(H,23,24,25). The van der Waals surface area contributed by atoms with Crippen molar-refractivity contribution in [2.75, 3.05) is 36.5 Å². The van der Waals surface area contributed by atoms with E-state index < -0.39 is 0 Å². The van der Waals surface area contributed by atoms with Crippen molar-refractivity contribution in [3.05, 3.63) is 71.8 Å². The average molecular weight is 360 g/mol. The van der Waals surface area contributed by atoms with Gasteiger partial charge in [-0.2, -0.15) is 4.98 Å². The molecule has 27 heavy (non-hydrogen) atoms. The van der Waals surface area contributed by atoms with Crippen LogP contribution in [0.3, 0.4) is 0 Å². The summed E-state index contributed by atoms with van der Waals surface area (Å²) in [6, 6.07) is 20.8. The van der Waals surface area contributed by atoms with E-state index in [1.165, 1.54) is 11.1 Å². The lowest BCUT2D eigenvalue weighted by atomic mass is 10.1. The average Bonchev–Trinajstić information content (AvgIpc) is 2.74. The first-order valence-corrected chi connectivity index (χ1v) is 9.34. The van der Waals surface area contributed by atoms with Crippen LogP contribution in [-0.2, 0) is 11.3 Å². The van der Waals surface area contributed by atoms with Crippen LogP contribution in [0, 0.1) is 6.92 Å². The molecule has 1 fully saturated rings. The second kappa shape index (κ2) is 8.18. The zero-order chi connectivity index (χ0) is 18.5. The minimum atomic E-state index is 0.651. The first-order chi connectivity index (χ1) is 13.3. The smallest absolute Gasteiger partial charge is 0.225 e. The highest BCUT2D eigenvalue weighted by Gasteiger charge is 2.15. The second-order valence-corrected chi connectivity index (χ2v) is 6.74. The van der Waals surface area contributed by atoms with Gasteiger partial charge in [0, 0.05) is 31.3 Å². The molecule has 1 saturated heterocycles. The van der Waals surface area contributed by atoms with E-state index in [2.05, 4.69) is 59.6 Å². The first-order valence-electron chi connectivity index (χ1n) is 9.34. The van der Waals surface area contributed by atoms with Crippen LogP contribution in [0.15, 0.2) is 60.7 Å². The Hall–Kier alpha value is -2.92. The molecule has 1 aliphatic rings. The second-order valence-electron chi connectivity index (χ2n) is 6.74. The summed E-state index contributed by atoms with van der Waals surface area (Å²) in [5.74, 6) is 1.60. The molecule has 0 saturated carbocycles. The van der Waals surface area contributed by atoms with Gasteiger partial charge in [0.1, 0.15) is 5.82 Å². The number of ether oxygens (including phenoxy) is 1. The summed E-state index contributed by atoms with van der Waals surface area (Å²) in [5, 5.41) is 3.38.